The molecule has 1 saturated carbocycles. The lowest BCUT2D eigenvalue weighted by atomic mass is 9.91. The standard InChI is InChI=1S/C11H16N2/c1-9-2-7-13-8-10(9)11(3-4-11)5-6-12/h2,7-8H,3-6,12H2,1H3. The van der Waals surface area contributed by atoms with Crippen LogP contribution in [0.1, 0.15) is 30.4 Å². The molecule has 13 heavy (non-hydrogen) atoms. The van der Waals surface area contributed by atoms with E-state index in [-0.39, 0.29) is 0 Å². The molecule has 1 heterocycles. The topological polar surface area (TPSA) is 38.9 Å². The normalized spacial score (nSPS) is 18.6. The highest BCUT2D eigenvalue weighted by Crippen LogP contribution is 2.51. The van der Waals surface area contributed by atoms with Gasteiger partial charge in [0.05, 0.1) is 0 Å². The van der Waals surface area contributed by atoms with Crippen molar-refractivity contribution in [3.63, 3.8) is 0 Å². The third-order valence-electron chi connectivity index (χ3n) is 3.09. The average Bonchev–Trinajstić information content (AvgIpc) is 2.87. The van der Waals surface area contributed by atoms with Crippen LogP contribution in [0.2, 0.25) is 0 Å². The number of nitrogens with two attached hydrogens (primary N) is 1. The summed E-state index contributed by atoms with van der Waals surface area (Å²) in [5.41, 5.74) is 8.80. The summed E-state index contributed by atoms with van der Waals surface area (Å²) in [5.74, 6) is 0. The van der Waals surface area contributed by atoms with Gasteiger partial charge in [-0.25, -0.2) is 0 Å². The van der Waals surface area contributed by atoms with Gasteiger partial charge >= 0.3 is 0 Å². The van der Waals surface area contributed by atoms with Gasteiger partial charge in [0.2, 0.25) is 0 Å². The molecular weight excluding hydrogens is 160 g/mol. The Morgan fingerprint density at radius 1 is 1.54 bits per heavy atom. The van der Waals surface area contributed by atoms with E-state index in [1.165, 1.54) is 24.0 Å². The van der Waals surface area contributed by atoms with E-state index in [2.05, 4.69) is 18.0 Å². The molecule has 1 aliphatic carbocycles. The second-order valence-corrected chi connectivity index (χ2v) is 4.01. The van der Waals surface area contributed by atoms with Gasteiger partial charge in [-0.2, -0.15) is 0 Å². The van der Waals surface area contributed by atoms with Gasteiger partial charge < -0.3 is 5.73 Å². The van der Waals surface area contributed by atoms with E-state index in [0.717, 1.165) is 13.0 Å². The molecule has 0 aliphatic heterocycles. The molecule has 1 aromatic heterocycles. The summed E-state index contributed by atoms with van der Waals surface area (Å²) in [6.45, 7) is 2.95. The highest BCUT2D eigenvalue weighted by Gasteiger charge is 2.44. The van der Waals surface area contributed by atoms with Gasteiger partial charge in [-0.3, -0.25) is 4.98 Å². The highest BCUT2D eigenvalue weighted by molar-refractivity contribution is 5.35. The van der Waals surface area contributed by atoms with Crippen molar-refractivity contribution in [1.82, 2.24) is 4.98 Å². The number of aryl methyl sites for hydroxylation is 1. The molecule has 1 aliphatic rings. The molecule has 0 atom stereocenters. The summed E-state index contributed by atoms with van der Waals surface area (Å²) >= 11 is 0. The van der Waals surface area contributed by atoms with Crippen molar-refractivity contribution in [1.29, 1.82) is 0 Å². The van der Waals surface area contributed by atoms with E-state index in [1.807, 2.05) is 12.4 Å². The van der Waals surface area contributed by atoms with Crippen molar-refractivity contribution in [2.24, 2.45) is 5.73 Å². The molecule has 0 aromatic carbocycles. The van der Waals surface area contributed by atoms with Gasteiger partial charge in [0.1, 0.15) is 0 Å². The Labute approximate surface area is 79.2 Å². The highest BCUT2D eigenvalue weighted by atomic mass is 14.7. The molecule has 2 heteroatoms. The maximum absolute atomic E-state index is 5.62. The summed E-state index contributed by atoms with van der Waals surface area (Å²) in [5, 5.41) is 0. The minimum atomic E-state index is 0.396. The van der Waals surface area contributed by atoms with Crippen molar-refractivity contribution in [3.8, 4) is 0 Å². The predicted octanol–water partition coefficient (Wildman–Crippen LogP) is 1.77. The van der Waals surface area contributed by atoms with E-state index >= 15 is 0 Å². The van der Waals surface area contributed by atoms with Gasteiger partial charge in [-0.15, -0.1) is 0 Å². The Morgan fingerprint density at radius 2 is 2.31 bits per heavy atom. The Balaban J connectivity index is 2.30. The number of aromatic nitrogens is 1. The van der Waals surface area contributed by atoms with Crippen LogP contribution in [0.5, 0.6) is 0 Å². The van der Waals surface area contributed by atoms with Crippen LogP contribution in [0, 0.1) is 6.92 Å². The van der Waals surface area contributed by atoms with Crippen LogP contribution in [-0.4, -0.2) is 11.5 Å². The number of hydrogen-bond donors (Lipinski definition) is 1. The molecule has 2 N–H and O–H groups in total. The first-order valence-corrected chi connectivity index (χ1v) is 4.90. The number of nitrogens with zero attached hydrogens (tertiary/aromatic N) is 1. The molecule has 2 rings (SSSR count). The minimum absolute atomic E-state index is 0.396. The molecule has 0 unspecified atom stereocenters. The van der Waals surface area contributed by atoms with Gasteiger partial charge in [0, 0.05) is 12.4 Å². The first-order chi connectivity index (χ1) is 6.28. The molecule has 70 valence electrons. The van der Waals surface area contributed by atoms with Crippen LogP contribution in [0.4, 0.5) is 0 Å². The molecule has 2 nitrogen and oxygen atoms in total. The second kappa shape index (κ2) is 3.11. The molecule has 1 aromatic rings. The molecule has 0 amide bonds. The summed E-state index contributed by atoms with van der Waals surface area (Å²) in [6, 6.07) is 2.09. The lowest BCUT2D eigenvalue weighted by molar-refractivity contribution is 0.622. The number of hydrogen-bond acceptors (Lipinski definition) is 2. The van der Waals surface area contributed by atoms with Crippen molar-refractivity contribution >= 4 is 0 Å². The van der Waals surface area contributed by atoms with E-state index in [9.17, 15) is 0 Å². The first-order valence-electron chi connectivity index (χ1n) is 4.90. The molecular formula is C11H16N2. The van der Waals surface area contributed by atoms with Gasteiger partial charge in [0.15, 0.2) is 0 Å². The van der Waals surface area contributed by atoms with Crippen molar-refractivity contribution in [2.45, 2.75) is 31.6 Å². The molecule has 1 fully saturated rings. The van der Waals surface area contributed by atoms with Crippen LogP contribution in [0.25, 0.3) is 0 Å². The zero-order valence-corrected chi connectivity index (χ0v) is 8.09. The van der Waals surface area contributed by atoms with E-state index in [1.54, 1.807) is 0 Å². The number of rotatable bonds is 3. The van der Waals surface area contributed by atoms with Crippen LogP contribution in [0.3, 0.4) is 0 Å². The van der Waals surface area contributed by atoms with Gasteiger partial charge in [0.25, 0.3) is 0 Å². The van der Waals surface area contributed by atoms with Crippen molar-refractivity contribution in [3.05, 3.63) is 29.6 Å². The average molecular weight is 176 g/mol. The van der Waals surface area contributed by atoms with Crippen LogP contribution in [-0.2, 0) is 5.41 Å². The maximum Gasteiger partial charge on any atom is 0.0308 e. The molecule has 0 radical (unpaired) electrons. The third-order valence-corrected chi connectivity index (χ3v) is 3.09. The van der Waals surface area contributed by atoms with Crippen molar-refractivity contribution in [2.75, 3.05) is 6.54 Å². The van der Waals surface area contributed by atoms with Crippen LogP contribution in [0.15, 0.2) is 18.5 Å². The third kappa shape index (κ3) is 1.46. The smallest absolute Gasteiger partial charge is 0.0308 e. The largest absolute Gasteiger partial charge is 0.330 e. The minimum Gasteiger partial charge on any atom is -0.330 e. The molecule has 0 spiro atoms. The van der Waals surface area contributed by atoms with Crippen LogP contribution < -0.4 is 5.73 Å². The number of pyridine rings is 1. The first kappa shape index (κ1) is 8.70. The Kier molecular flexibility index (Phi) is 2.08. The maximum atomic E-state index is 5.62. The summed E-state index contributed by atoms with van der Waals surface area (Å²) in [7, 11) is 0. The zero-order chi connectivity index (χ0) is 9.31. The summed E-state index contributed by atoms with van der Waals surface area (Å²) in [4.78, 5) is 4.19. The van der Waals surface area contributed by atoms with E-state index in [4.69, 9.17) is 5.73 Å². The predicted molar refractivity (Wildman–Crippen MR) is 53.6 cm³/mol. The molecule has 0 bridgehead atoms. The lowest BCUT2D eigenvalue weighted by Gasteiger charge is -2.16. The van der Waals surface area contributed by atoms with E-state index in [0.29, 0.717) is 5.41 Å². The van der Waals surface area contributed by atoms with E-state index < -0.39 is 0 Å². The summed E-state index contributed by atoms with van der Waals surface area (Å²) < 4.78 is 0. The fourth-order valence-electron chi connectivity index (χ4n) is 2.10. The Bertz CT molecular complexity index is 303. The quantitative estimate of drug-likeness (QED) is 0.762. The fraction of sp³-hybridized carbons (Fsp3) is 0.545. The van der Waals surface area contributed by atoms with Crippen molar-refractivity contribution < 1.29 is 0 Å². The zero-order valence-electron chi connectivity index (χ0n) is 8.09. The van der Waals surface area contributed by atoms with Gasteiger partial charge in [-0.1, -0.05) is 0 Å². The van der Waals surface area contributed by atoms with Crippen LogP contribution >= 0.6 is 0 Å². The second-order valence-electron chi connectivity index (χ2n) is 4.01. The lowest BCUT2D eigenvalue weighted by Crippen LogP contribution is -2.14. The monoisotopic (exact) mass is 176 g/mol. The Morgan fingerprint density at radius 3 is 2.85 bits per heavy atom. The Hall–Kier alpha value is -0.890. The fourth-order valence-corrected chi connectivity index (χ4v) is 2.10. The summed E-state index contributed by atoms with van der Waals surface area (Å²) in [6.07, 6.45) is 7.56. The van der Waals surface area contributed by atoms with Gasteiger partial charge in [-0.05, 0) is 55.3 Å². The SMILES string of the molecule is Cc1ccncc1C1(CCN)CC1. The molecule has 0 saturated heterocycles.